The molecule has 0 aromatic heterocycles. The zero-order valence-electron chi connectivity index (χ0n) is 12.5. The molecule has 0 fully saturated rings. The molecule has 112 valence electrons. The van der Waals surface area contributed by atoms with Crippen molar-refractivity contribution in [1.82, 2.24) is 5.32 Å². The summed E-state index contributed by atoms with van der Waals surface area (Å²) in [7, 11) is 5.30. The van der Waals surface area contributed by atoms with Crippen LogP contribution in [-0.2, 0) is 6.42 Å². The molecule has 0 amide bonds. The molecule has 0 radical (unpaired) electrons. The Balaban J connectivity index is 2.31. The zero-order chi connectivity index (χ0) is 15.2. The molecule has 0 aliphatic carbocycles. The van der Waals surface area contributed by atoms with Gasteiger partial charge in [0.05, 0.1) is 14.2 Å². The third kappa shape index (κ3) is 3.99. The van der Waals surface area contributed by atoms with Gasteiger partial charge in [-0.1, -0.05) is 34.1 Å². The molecular formula is C17H20BrNO2. The third-order valence-electron chi connectivity index (χ3n) is 3.51. The van der Waals surface area contributed by atoms with Gasteiger partial charge >= 0.3 is 0 Å². The lowest BCUT2D eigenvalue weighted by Crippen LogP contribution is -2.19. The van der Waals surface area contributed by atoms with Gasteiger partial charge < -0.3 is 14.8 Å². The van der Waals surface area contributed by atoms with Gasteiger partial charge in [-0.15, -0.1) is 0 Å². The average Bonchev–Trinajstić information content (AvgIpc) is 2.53. The van der Waals surface area contributed by atoms with Crippen molar-refractivity contribution in [3.8, 4) is 11.5 Å². The molecule has 0 spiro atoms. The second-order valence-corrected chi connectivity index (χ2v) is 5.64. The Hall–Kier alpha value is -1.52. The van der Waals surface area contributed by atoms with Crippen molar-refractivity contribution in [3.05, 3.63) is 58.1 Å². The number of ether oxygens (including phenoxy) is 2. The minimum Gasteiger partial charge on any atom is -0.497 e. The van der Waals surface area contributed by atoms with Crippen LogP contribution in [0.3, 0.4) is 0 Å². The van der Waals surface area contributed by atoms with E-state index in [0.29, 0.717) is 0 Å². The third-order valence-corrected chi connectivity index (χ3v) is 4.28. The fraction of sp³-hybridized carbons (Fsp3) is 0.294. The molecule has 2 rings (SSSR count). The highest BCUT2D eigenvalue weighted by atomic mass is 79.9. The normalized spacial score (nSPS) is 12.0. The van der Waals surface area contributed by atoms with Crippen LogP contribution in [0.4, 0.5) is 0 Å². The molecule has 0 saturated carbocycles. The topological polar surface area (TPSA) is 30.5 Å². The van der Waals surface area contributed by atoms with Crippen molar-refractivity contribution in [3.63, 3.8) is 0 Å². The quantitative estimate of drug-likeness (QED) is 0.855. The molecule has 2 aromatic rings. The molecule has 0 saturated heterocycles. The van der Waals surface area contributed by atoms with E-state index in [1.807, 2.05) is 31.3 Å². The number of likely N-dealkylation sites (N-methyl/N-ethyl adjacent to an activating group) is 1. The first-order valence-electron chi connectivity index (χ1n) is 6.81. The SMILES string of the molecule is CNC(Cc1ccccc1Br)c1cc(OC)cc(OC)c1. The zero-order valence-corrected chi connectivity index (χ0v) is 14.1. The van der Waals surface area contributed by atoms with Gasteiger partial charge in [-0.25, -0.2) is 0 Å². The van der Waals surface area contributed by atoms with Gasteiger partial charge in [0.15, 0.2) is 0 Å². The predicted molar refractivity (Wildman–Crippen MR) is 89.2 cm³/mol. The van der Waals surface area contributed by atoms with Crippen molar-refractivity contribution < 1.29 is 9.47 Å². The Morgan fingerprint density at radius 3 is 2.19 bits per heavy atom. The number of hydrogen-bond donors (Lipinski definition) is 1. The summed E-state index contributed by atoms with van der Waals surface area (Å²) >= 11 is 3.61. The first-order valence-corrected chi connectivity index (χ1v) is 7.61. The van der Waals surface area contributed by atoms with E-state index in [9.17, 15) is 0 Å². The summed E-state index contributed by atoms with van der Waals surface area (Å²) in [4.78, 5) is 0. The number of nitrogens with one attached hydrogen (secondary N) is 1. The summed E-state index contributed by atoms with van der Waals surface area (Å²) in [5.41, 5.74) is 2.41. The van der Waals surface area contributed by atoms with E-state index in [0.717, 1.165) is 28.0 Å². The number of methoxy groups -OCH3 is 2. The largest absolute Gasteiger partial charge is 0.497 e. The van der Waals surface area contributed by atoms with Gasteiger partial charge in [0.25, 0.3) is 0 Å². The van der Waals surface area contributed by atoms with E-state index in [4.69, 9.17) is 9.47 Å². The summed E-state index contributed by atoms with van der Waals surface area (Å²) in [6.07, 6.45) is 0.883. The second kappa shape index (κ2) is 7.48. The highest BCUT2D eigenvalue weighted by Gasteiger charge is 2.14. The van der Waals surface area contributed by atoms with Crippen LogP contribution in [0.2, 0.25) is 0 Å². The van der Waals surface area contributed by atoms with E-state index in [1.165, 1.54) is 5.56 Å². The van der Waals surface area contributed by atoms with Crippen molar-refractivity contribution in [2.24, 2.45) is 0 Å². The maximum absolute atomic E-state index is 5.35. The van der Waals surface area contributed by atoms with Gasteiger partial charge in [0.2, 0.25) is 0 Å². The second-order valence-electron chi connectivity index (χ2n) is 4.78. The minimum absolute atomic E-state index is 0.188. The molecule has 0 bridgehead atoms. The van der Waals surface area contributed by atoms with E-state index < -0.39 is 0 Å². The van der Waals surface area contributed by atoms with E-state index >= 15 is 0 Å². The molecule has 21 heavy (non-hydrogen) atoms. The Labute approximate surface area is 134 Å². The number of benzene rings is 2. The van der Waals surface area contributed by atoms with E-state index in [1.54, 1.807) is 14.2 Å². The highest BCUT2D eigenvalue weighted by Crippen LogP contribution is 2.29. The lowest BCUT2D eigenvalue weighted by Gasteiger charge is -2.19. The molecule has 2 aromatic carbocycles. The monoisotopic (exact) mass is 349 g/mol. The minimum atomic E-state index is 0.188. The summed E-state index contributed by atoms with van der Waals surface area (Å²) in [6.45, 7) is 0. The van der Waals surface area contributed by atoms with Crippen LogP contribution < -0.4 is 14.8 Å². The molecular weight excluding hydrogens is 330 g/mol. The van der Waals surface area contributed by atoms with E-state index in [2.05, 4.69) is 39.4 Å². The van der Waals surface area contributed by atoms with Crippen LogP contribution >= 0.6 is 15.9 Å². The first-order chi connectivity index (χ1) is 10.2. The Kier molecular flexibility index (Phi) is 5.65. The van der Waals surface area contributed by atoms with Crippen LogP contribution in [0.25, 0.3) is 0 Å². The fourth-order valence-electron chi connectivity index (χ4n) is 2.30. The van der Waals surface area contributed by atoms with Crippen molar-refractivity contribution in [1.29, 1.82) is 0 Å². The smallest absolute Gasteiger partial charge is 0.122 e. The Bertz CT molecular complexity index is 579. The number of halogens is 1. The van der Waals surface area contributed by atoms with Crippen LogP contribution in [0, 0.1) is 0 Å². The molecule has 4 heteroatoms. The number of rotatable bonds is 6. The van der Waals surface area contributed by atoms with Crippen molar-refractivity contribution >= 4 is 15.9 Å². The Morgan fingerprint density at radius 2 is 1.67 bits per heavy atom. The van der Waals surface area contributed by atoms with Gasteiger partial charge in [-0.3, -0.25) is 0 Å². The lowest BCUT2D eigenvalue weighted by molar-refractivity contribution is 0.392. The first kappa shape index (κ1) is 15.9. The van der Waals surface area contributed by atoms with Crippen LogP contribution in [0.1, 0.15) is 17.2 Å². The molecule has 1 N–H and O–H groups in total. The molecule has 0 heterocycles. The summed E-state index contributed by atoms with van der Waals surface area (Å²) in [5.74, 6) is 1.61. The Morgan fingerprint density at radius 1 is 1.05 bits per heavy atom. The van der Waals surface area contributed by atoms with Gasteiger partial charge in [0, 0.05) is 16.6 Å². The molecule has 0 aliphatic rings. The number of hydrogen-bond acceptors (Lipinski definition) is 3. The molecule has 3 nitrogen and oxygen atoms in total. The van der Waals surface area contributed by atoms with Gasteiger partial charge in [0.1, 0.15) is 11.5 Å². The molecule has 1 atom stereocenters. The fourth-order valence-corrected chi connectivity index (χ4v) is 2.75. The predicted octanol–water partition coefficient (Wildman–Crippen LogP) is 3.97. The lowest BCUT2D eigenvalue weighted by atomic mass is 9.98. The highest BCUT2D eigenvalue weighted by molar-refractivity contribution is 9.10. The maximum atomic E-state index is 5.35. The van der Waals surface area contributed by atoms with Crippen molar-refractivity contribution in [2.75, 3.05) is 21.3 Å². The maximum Gasteiger partial charge on any atom is 0.122 e. The average molecular weight is 350 g/mol. The standard InChI is InChI=1S/C17H20BrNO2/c1-19-17(10-12-6-4-5-7-16(12)18)13-8-14(20-2)11-15(9-13)21-3/h4-9,11,17,19H,10H2,1-3H3. The van der Waals surface area contributed by atoms with Crippen LogP contribution in [0.15, 0.2) is 46.9 Å². The van der Waals surface area contributed by atoms with Crippen LogP contribution in [0.5, 0.6) is 11.5 Å². The molecule has 1 unspecified atom stereocenters. The van der Waals surface area contributed by atoms with Gasteiger partial charge in [-0.2, -0.15) is 0 Å². The summed E-state index contributed by atoms with van der Waals surface area (Å²) < 4.78 is 11.8. The van der Waals surface area contributed by atoms with Gasteiger partial charge in [-0.05, 0) is 42.8 Å². The van der Waals surface area contributed by atoms with E-state index in [-0.39, 0.29) is 6.04 Å². The molecule has 0 aliphatic heterocycles. The van der Waals surface area contributed by atoms with Crippen LogP contribution in [-0.4, -0.2) is 21.3 Å². The van der Waals surface area contributed by atoms with Crippen molar-refractivity contribution in [2.45, 2.75) is 12.5 Å². The summed E-state index contributed by atoms with van der Waals surface area (Å²) in [6, 6.07) is 14.4. The summed E-state index contributed by atoms with van der Waals surface area (Å²) in [5, 5.41) is 3.36.